The minimum atomic E-state index is -0.853. The van der Waals surface area contributed by atoms with Gasteiger partial charge < -0.3 is 15.7 Å². The summed E-state index contributed by atoms with van der Waals surface area (Å²) in [4.78, 5) is 22.9. The summed E-state index contributed by atoms with van der Waals surface area (Å²) >= 11 is 1.29. The van der Waals surface area contributed by atoms with Crippen molar-refractivity contribution >= 4 is 28.2 Å². The molecule has 0 bridgehead atoms. The number of aliphatic carboxylic acids is 1. The molecule has 1 aromatic rings. The van der Waals surface area contributed by atoms with Gasteiger partial charge in [0, 0.05) is 13.0 Å². The van der Waals surface area contributed by atoms with Gasteiger partial charge in [-0.05, 0) is 30.7 Å². The summed E-state index contributed by atoms with van der Waals surface area (Å²) < 4.78 is 0. The van der Waals surface area contributed by atoms with Gasteiger partial charge in [0.05, 0.1) is 5.56 Å². The van der Waals surface area contributed by atoms with Crippen LogP contribution < -0.4 is 10.6 Å². The van der Waals surface area contributed by atoms with Gasteiger partial charge in [0.1, 0.15) is 16.6 Å². The highest BCUT2D eigenvalue weighted by Gasteiger charge is 2.43. The number of hydrogen-bond acceptors (Lipinski definition) is 5. The third-order valence-corrected chi connectivity index (χ3v) is 4.30. The van der Waals surface area contributed by atoms with Gasteiger partial charge >= 0.3 is 5.97 Å². The number of thiophene rings is 1. The summed E-state index contributed by atoms with van der Waals surface area (Å²) in [6.45, 7) is 0.311. The van der Waals surface area contributed by atoms with Crippen LogP contribution in [0.15, 0.2) is 11.4 Å². The van der Waals surface area contributed by atoms with Crippen LogP contribution in [0.3, 0.4) is 0 Å². The van der Waals surface area contributed by atoms with E-state index in [2.05, 4.69) is 10.6 Å². The molecule has 1 aliphatic rings. The molecule has 6 nitrogen and oxygen atoms in total. The molecule has 0 spiro atoms. The summed E-state index contributed by atoms with van der Waals surface area (Å²) in [6.07, 6.45) is 2.28. The SMILES string of the molecule is N#Cc1ccsc1NC(=O)CCNC1(C(=O)O)CCC1. The van der Waals surface area contributed by atoms with Crippen molar-refractivity contribution in [2.45, 2.75) is 31.2 Å². The predicted molar refractivity (Wildman–Crippen MR) is 74.5 cm³/mol. The summed E-state index contributed by atoms with van der Waals surface area (Å²) in [5.41, 5.74) is -0.404. The van der Waals surface area contributed by atoms with Crippen molar-refractivity contribution < 1.29 is 14.7 Å². The van der Waals surface area contributed by atoms with Crippen LogP contribution >= 0.6 is 11.3 Å². The number of nitriles is 1. The van der Waals surface area contributed by atoms with Crippen LogP contribution in [0.25, 0.3) is 0 Å². The molecule has 0 saturated heterocycles. The van der Waals surface area contributed by atoms with Crippen LogP contribution in [0.4, 0.5) is 5.00 Å². The van der Waals surface area contributed by atoms with E-state index in [4.69, 9.17) is 10.4 Å². The Balaban J connectivity index is 1.79. The maximum atomic E-state index is 11.7. The molecule has 0 aromatic carbocycles. The number of nitrogens with one attached hydrogen (secondary N) is 2. The van der Waals surface area contributed by atoms with Gasteiger partial charge in [0.2, 0.25) is 5.91 Å². The zero-order valence-electron chi connectivity index (χ0n) is 10.8. The molecular weight excluding hydrogens is 278 g/mol. The summed E-state index contributed by atoms with van der Waals surface area (Å²) in [5.74, 6) is -1.08. The molecule has 1 saturated carbocycles. The number of carboxylic acid groups (broad SMARTS) is 1. The molecule has 20 heavy (non-hydrogen) atoms. The first kappa shape index (κ1) is 14.5. The van der Waals surface area contributed by atoms with Crippen LogP contribution in [0, 0.1) is 11.3 Å². The largest absolute Gasteiger partial charge is 0.480 e. The standard InChI is InChI=1S/C13H15N3O3S/c14-8-9-3-7-20-11(9)16-10(17)2-6-15-13(12(18)19)4-1-5-13/h3,7,15H,1-2,4-6H2,(H,16,17)(H,18,19). The van der Waals surface area contributed by atoms with E-state index in [1.54, 1.807) is 11.4 Å². The second-order valence-corrected chi connectivity index (χ2v) is 5.66. The van der Waals surface area contributed by atoms with Crippen LogP contribution in [-0.2, 0) is 9.59 Å². The van der Waals surface area contributed by atoms with E-state index in [-0.39, 0.29) is 12.3 Å². The Kier molecular flexibility index (Phi) is 4.37. The summed E-state index contributed by atoms with van der Waals surface area (Å²) in [6, 6.07) is 3.64. The quantitative estimate of drug-likeness (QED) is 0.738. The molecule has 0 atom stereocenters. The number of carbonyl (C=O) groups excluding carboxylic acids is 1. The van der Waals surface area contributed by atoms with E-state index in [0.717, 1.165) is 6.42 Å². The highest BCUT2D eigenvalue weighted by Crippen LogP contribution is 2.31. The first-order valence-corrected chi connectivity index (χ1v) is 7.21. The zero-order chi connectivity index (χ0) is 14.6. The Labute approximate surface area is 120 Å². The number of hydrogen-bond donors (Lipinski definition) is 3. The van der Waals surface area contributed by atoms with Crippen molar-refractivity contribution in [2.75, 3.05) is 11.9 Å². The van der Waals surface area contributed by atoms with E-state index in [0.29, 0.717) is 30.0 Å². The lowest BCUT2D eigenvalue weighted by molar-refractivity contribution is -0.149. The third kappa shape index (κ3) is 2.98. The van der Waals surface area contributed by atoms with Crippen molar-refractivity contribution in [3.63, 3.8) is 0 Å². The minimum Gasteiger partial charge on any atom is -0.480 e. The Morgan fingerprint density at radius 2 is 2.25 bits per heavy atom. The Morgan fingerprint density at radius 3 is 2.80 bits per heavy atom. The average Bonchev–Trinajstić information content (AvgIpc) is 2.79. The number of carbonyl (C=O) groups is 2. The third-order valence-electron chi connectivity index (χ3n) is 3.47. The fourth-order valence-electron chi connectivity index (χ4n) is 2.10. The summed E-state index contributed by atoms with van der Waals surface area (Å²) in [5, 5.41) is 25.8. The molecule has 1 fully saturated rings. The van der Waals surface area contributed by atoms with Crippen molar-refractivity contribution in [2.24, 2.45) is 0 Å². The minimum absolute atomic E-state index is 0.178. The van der Waals surface area contributed by atoms with E-state index in [9.17, 15) is 9.59 Å². The molecule has 1 aliphatic carbocycles. The normalized spacial score (nSPS) is 15.9. The van der Waals surface area contributed by atoms with Crippen molar-refractivity contribution in [3.05, 3.63) is 17.0 Å². The maximum absolute atomic E-state index is 11.7. The molecule has 1 aromatic heterocycles. The number of carboxylic acids is 1. The van der Waals surface area contributed by atoms with E-state index >= 15 is 0 Å². The van der Waals surface area contributed by atoms with E-state index in [1.165, 1.54) is 11.3 Å². The van der Waals surface area contributed by atoms with Gasteiger partial charge in [-0.25, -0.2) is 0 Å². The van der Waals surface area contributed by atoms with Crippen LogP contribution in [0.2, 0.25) is 0 Å². The maximum Gasteiger partial charge on any atom is 0.323 e. The van der Waals surface area contributed by atoms with Crippen LogP contribution in [0.1, 0.15) is 31.2 Å². The smallest absolute Gasteiger partial charge is 0.323 e. The predicted octanol–water partition coefficient (Wildman–Crippen LogP) is 1.55. The molecule has 3 N–H and O–H groups in total. The summed E-state index contributed by atoms with van der Waals surface area (Å²) in [7, 11) is 0. The van der Waals surface area contributed by atoms with Gasteiger partial charge in [-0.2, -0.15) is 5.26 Å². The zero-order valence-corrected chi connectivity index (χ0v) is 11.6. The van der Waals surface area contributed by atoms with Crippen molar-refractivity contribution in [1.82, 2.24) is 5.32 Å². The highest BCUT2D eigenvalue weighted by atomic mass is 32.1. The number of amides is 1. The molecule has 1 amide bonds. The monoisotopic (exact) mass is 293 g/mol. The second-order valence-electron chi connectivity index (χ2n) is 4.74. The number of nitrogens with zero attached hydrogens (tertiary/aromatic N) is 1. The van der Waals surface area contributed by atoms with Gasteiger partial charge in [-0.15, -0.1) is 11.3 Å². The second kappa shape index (κ2) is 6.03. The van der Waals surface area contributed by atoms with Crippen molar-refractivity contribution in [3.8, 4) is 6.07 Å². The molecule has 1 heterocycles. The topological polar surface area (TPSA) is 102 Å². The van der Waals surface area contributed by atoms with Gasteiger partial charge in [0.25, 0.3) is 0 Å². The molecule has 7 heteroatoms. The van der Waals surface area contributed by atoms with Crippen molar-refractivity contribution in [1.29, 1.82) is 5.26 Å². The fraction of sp³-hybridized carbons (Fsp3) is 0.462. The van der Waals surface area contributed by atoms with Crippen LogP contribution in [-0.4, -0.2) is 29.1 Å². The van der Waals surface area contributed by atoms with E-state index in [1.807, 2.05) is 6.07 Å². The van der Waals surface area contributed by atoms with Gasteiger partial charge in [0.15, 0.2) is 0 Å². The van der Waals surface area contributed by atoms with Crippen LogP contribution in [0.5, 0.6) is 0 Å². The molecule has 106 valence electrons. The fourth-order valence-corrected chi connectivity index (χ4v) is 2.85. The molecule has 0 aliphatic heterocycles. The lowest BCUT2D eigenvalue weighted by atomic mass is 9.77. The molecule has 2 rings (SSSR count). The number of anilines is 1. The lowest BCUT2D eigenvalue weighted by Gasteiger charge is -2.38. The number of rotatable bonds is 6. The molecular formula is C13H15N3O3S. The molecule has 0 unspecified atom stereocenters. The highest BCUT2D eigenvalue weighted by molar-refractivity contribution is 7.14. The lowest BCUT2D eigenvalue weighted by Crippen LogP contribution is -2.57. The first-order valence-electron chi connectivity index (χ1n) is 6.33. The Morgan fingerprint density at radius 1 is 1.50 bits per heavy atom. The molecule has 0 radical (unpaired) electrons. The average molecular weight is 293 g/mol. The Bertz CT molecular complexity index is 557. The van der Waals surface area contributed by atoms with E-state index < -0.39 is 11.5 Å². The van der Waals surface area contributed by atoms with Gasteiger partial charge in [-0.3, -0.25) is 9.59 Å². The van der Waals surface area contributed by atoms with Gasteiger partial charge in [-0.1, -0.05) is 0 Å². The Hall–Kier alpha value is -1.91. The first-order chi connectivity index (χ1) is 9.57.